The molecule has 0 rings (SSSR count). The Morgan fingerprint density at radius 2 is 1.40 bits per heavy atom. The number of amides is 1. The lowest BCUT2D eigenvalue weighted by molar-refractivity contribution is -0.870. The number of allylic oxidation sites excluding steroid dienone is 3. The number of quaternary nitrogens is 1. The Labute approximate surface area is 245 Å². The van der Waals surface area contributed by atoms with Gasteiger partial charge in [0.1, 0.15) is 13.2 Å². The van der Waals surface area contributed by atoms with E-state index in [0.717, 1.165) is 32.1 Å². The molecule has 0 spiro atoms. The molecule has 1 amide bonds. The molecule has 0 radical (unpaired) electrons. The summed E-state index contributed by atoms with van der Waals surface area (Å²) in [5, 5.41) is 13.5. The molecule has 0 aliphatic carbocycles. The van der Waals surface area contributed by atoms with Crippen LogP contribution >= 0.6 is 7.82 Å². The lowest BCUT2D eigenvalue weighted by atomic mass is 10.1. The van der Waals surface area contributed by atoms with Crippen molar-refractivity contribution in [3.63, 3.8) is 0 Å². The summed E-state index contributed by atoms with van der Waals surface area (Å²) in [6, 6.07) is -0.868. The maximum absolute atomic E-state index is 12.6. The fraction of sp³-hybridized carbons (Fsp3) is 0.839. The normalized spacial score (nSPS) is 15.5. The molecule has 0 fully saturated rings. The fourth-order valence-corrected chi connectivity index (χ4v) is 4.83. The number of rotatable bonds is 27. The third-order valence-corrected chi connectivity index (χ3v) is 7.71. The van der Waals surface area contributed by atoms with Gasteiger partial charge in [0, 0.05) is 6.42 Å². The third-order valence-electron chi connectivity index (χ3n) is 6.73. The number of aliphatic hydroxyl groups excluding tert-OH is 1. The predicted molar refractivity (Wildman–Crippen MR) is 166 cm³/mol. The Hall–Kier alpha value is -1.02. The third kappa shape index (κ3) is 25.9. The zero-order valence-electron chi connectivity index (χ0n) is 26.3. The van der Waals surface area contributed by atoms with Gasteiger partial charge in [0.15, 0.2) is 0 Å². The summed E-state index contributed by atoms with van der Waals surface area (Å²) in [5.41, 5.74) is 0. The van der Waals surface area contributed by atoms with Crippen LogP contribution in [0.4, 0.5) is 0 Å². The summed E-state index contributed by atoms with van der Waals surface area (Å²) < 4.78 is 23.2. The van der Waals surface area contributed by atoms with Crippen molar-refractivity contribution in [2.24, 2.45) is 0 Å². The van der Waals surface area contributed by atoms with Gasteiger partial charge in [-0.15, -0.1) is 0 Å². The summed E-state index contributed by atoms with van der Waals surface area (Å²) in [5.74, 6) is -0.206. The first-order valence-electron chi connectivity index (χ1n) is 15.7. The molecule has 0 bridgehead atoms. The minimum atomic E-state index is -4.32. The number of carbonyl (C=O) groups is 1. The van der Waals surface area contributed by atoms with Crippen LogP contribution in [0.2, 0.25) is 0 Å². The van der Waals surface area contributed by atoms with Gasteiger partial charge in [-0.25, -0.2) is 4.57 Å². The van der Waals surface area contributed by atoms with E-state index < -0.39 is 20.0 Å². The Bertz CT molecular complexity index is 723. The van der Waals surface area contributed by atoms with Crippen LogP contribution in [0, 0.1) is 0 Å². The first-order valence-corrected chi connectivity index (χ1v) is 17.2. The van der Waals surface area contributed by atoms with E-state index in [1.807, 2.05) is 27.2 Å². The highest BCUT2D eigenvalue weighted by Gasteiger charge is 2.27. The van der Waals surface area contributed by atoms with Crippen molar-refractivity contribution in [1.29, 1.82) is 0 Å². The van der Waals surface area contributed by atoms with Gasteiger partial charge >= 0.3 is 7.82 Å². The monoisotopic (exact) mass is 589 g/mol. The Kier molecular flexibility index (Phi) is 23.9. The number of likely N-dealkylation sites (N-methyl/N-ethyl adjacent to an activating group) is 1. The quantitative estimate of drug-likeness (QED) is 0.0410. The maximum atomic E-state index is 12.6. The molecule has 0 aromatic heterocycles. The Balaban J connectivity index is 4.76. The molecule has 0 saturated heterocycles. The zero-order valence-corrected chi connectivity index (χ0v) is 27.2. The molecule has 40 heavy (non-hydrogen) atoms. The van der Waals surface area contributed by atoms with Crippen molar-refractivity contribution in [3.05, 3.63) is 24.3 Å². The van der Waals surface area contributed by atoms with E-state index in [1.165, 1.54) is 64.2 Å². The summed E-state index contributed by atoms with van der Waals surface area (Å²) in [7, 11) is 1.54. The first-order chi connectivity index (χ1) is 19.0. The fourth-order valence-electron chi connectivity index (χ4n) is 4.10. The minimum absolute atomic E-state index is 0.0541. The molecule has 0 heterocycles. The van der Waals surface area contributed by atoms with Crippen molar-refractivity contribution in [1.82, 2.24) is 5.32 Å². The second kappa shape index (κ2) is 24.6. The standard InChI is InChI=1S/C31H61N2O6P/c1-6-8-10-12-14-15-16-17-19-20-22-24-30(34)29(28-39-40(36,37)38-27-26-33(3,4)5)32-31(35)25-23-21-18-13-11-9-7-2/h19-20,22,24,29-30,34H,6-18,21,23,25-28H2,1-5H3,(H-,32,35,36,37)/p+1/b20-19+,24-22+/t29-,30+/m0/s1. The lowest BCUT2D eigenvalue weighted by Gasteiger charge is -2.25. The van der Waals surface area contributed by atoms with E-state index in [4.69, 9.17) is 9.05 Å². The average molecular weight is 590 g/mol. The van der Waals surface area contributed by atoms with Crippen LogP contribution in [0.1, 0.15) is 117 Å². The van der Waals surface area contributed by atoms with Crippen molar-refractivity contribution in [3.8, 4) is 0 Å². The smallest absolute Gasteiger partial charge is 0.387 e. The van der Waals surface area contributed by atoms with Crippen LogP contribution in [0.15, 0.2) is 24.3 Å². The Morgan fingerprint density at radius 1 is 0.850 bits per heavy atom. The van der Waals surface area contributed by atoms with Crippen molar-refractivity contribution < 1.29 is 32.9 Å². The molecule has 3 atom stereocenters. The van der Waals surface area contributed by atoms with Gasteiger partial charge in [0.2, 0.25) is 5.91 Å². The van der Waals surface area contributed by atoms with Gasteiger partial charge in [-0.3, -0.25) is 13.8 Å². The lowest BCUT2D eigenvalue weighted by Crippen LogP contribution is -2.45. The van der Waals surface area contributed by atoms with Gasteiger partial charge in [0.05, 0.1) is 39.9 Å². The van der Waals surface area contributed by atoms with E-state index in [1.54, 1.807) is 12.2 Å². The molecular weight excluding hydrogens is 527 g/mol. The molecule has 236 valence electrons. The van der Waals surface area contributed by atoms with Crippen LogP contribution in [-0.4, -0.2) is 73.4 Å². The molecule has 0 aromatic rings. The van der Waals surface area contributed by atoms with E-state index in [9.17, 15) is 19.4 Å². The molecule has 8 nitrogen and oxygen atoms in total. The molecule has 3 N–H and O–H groups in total. The summed E-state index contributed by atoms with van der Waals surface area (Å²) >= 11 is 0. The van der Waals surface area contributed by atoms with Crippen LogP contribution in [0.5, 0.6) is 0 Å². The molecule has 9 heteroatoms. The SMILES string of the molecule is CCCCCCCCC/C=C/C=C/[C@@H](O)[C@H](COP(=O)(O)OCC[N+](C)(C)C)NC(=O)CCCCCCCCC. The van der Waals surface area contributed by atoms with E-state index in [0.29, 0.717) is 17.4 Å². The molecule has 0 aliphatic heterocycles. The van der Waals surface area contributed by atoms with Gasteiger partial charge in [0.25, 0.3) is 0 Å². The second-order valence-electron chi connectivity index (χ2n) is 11.9. The number of phosphoric acid groups is 1. The first kappa shape index (κ1) is 39.0. The molecule has 1 unspecified atom stereocenters. The van der Waals surface area contributed by atoms with Gasteiger partial charge < -0.3 is 19.8 Å². The predicted octanol–water partition coefficient (Wildman–Crippen LogP) is 7.07. The van der Waals surface area contributed by atoms with Gasteiger partial charge in [-0.1, -0.05) is 115 Å². The molecule has 0 aliphatic rings. The van der Waals surface area contributed by atoms with Gasteiger partial charge in [-0.2, -0.15) is 0 Å². The summed E-state index contributed by atoms with van der Waals surface area (Å²) in [4.78, 5) is 22.7. The van der Waals surface area contributed by atoms with E-state index in [-0.39, 0.29) is 19.1 Å². The number of nitrogens with one attached hydrogen (secondary N) is 1. The molecule has 0 saturated carbocycles. The highest BCUT2D eigenvalue weighted by molar-refractivity contribution is 7.47. The summed E-state index contributed by atoms with van der Waals surface area (Å²) in [6.45, 7) is 4.66. The molecular formula is C31H62N2O6P+. The summed E-state index contributed by atoms with van der Waals surface area (Å²) in [6.07, 6.45) is 24.1. The second-order valence-corrected chi connectivity index (χ2v) is 13.3. The number of hydrogen-bond acceptors (Lipinski definition) is 5. The maximum Gasteiger partial charge on any atom is 0.472 e. The zero-order chi connectivity index (χ0) is 30.1. The number of hydrogen-bond donors (Lipinski definition) is 3. The van der Waals surface area contributed by atoms with Crippen molar-refractivity contribution >= 4 is 13.7 Å². The number of aliphatic hydroxyl groups is 1. The largest absolute Gasteiger partial charge is 0.472 e. The van der Waals surface area contributed by atoms with Crippen LogP contribution < -0.4 is 5.32 Å². The minimum Gasteiger partial charge on any atom is -0.387 e. The van der Waals surface area contributed by atoms with Crippen molar-refractivity contribution in [2.75, 3.05) is 40.9 Å². The highest BCUT2D eigenvalue weighted by atomic mass is 31.2. The van der Waals surface area contributed by atoms with Gasteiger partial charge in [-0.05, 0) is 19.3 Å². The van der Waals surface area contributed by atoms with E-state index in [2.05, 4.69) is 25.2 Å². The number of nitrogens with zero attached hydrogens (tertiary/aromatic N) is 1. The Morgan fingerprint density at radius 3 is 1.98 bits per heavy atom. The van der Waals surface area contributed by atoms with Crippen LogP contribution in [-0.2, 0) is 18.4 Å². The average Bonchev–Trinajstić information content (AvgIpc) is 2.88. The van der Waals surface area contributed by atoms with Crippen LogP contribution in [0.25, 0.3) is 0 Å². The number of phosphoric ester groups is 1. The van der Waals surface area contributed by atoms with Crippen LogP contribution in [0.3, 0.4) is 0 Å². The highest BCUT2D eigenvalue weighted by Crippen LogP contribution is 2.43. The topological polar surface area (TPSA) is 105 Å². The molecule has 0 aromatic carbocycles. The number of carbonyl (C=O) groups excluding carboxylic acids is 1. The van der Waals surface area contributed by atoms with Crippen molar-refractivity contribution in [2.45, 2.75) is 129 Å². The number of unbranched alkanes of at least 4 members (excludes halogenated alkanes) is 13. The van der Waals surface area contributed by atoms with E-state index >= 15 is 0 Å².